The van der Waals surface area contributed by atoms with Crippen molar-refractivity contribution < 1.29 is 23.0 Å². The summed E-state index contributed by atoms with van der Waals surface area (Å²) in [6.45, 7) is 1.08. The van der Waals surface area contributed by atoms with Gasteiger partial charge in [-0.05, 0) is 18.2 Å². The molecule has 1 aromatic carbocycles. The lowest BCUT2D eigenvalue weighted by molar-refractivity contribution is -0.136. The summed E-state index contributed by atoms with van der Waals surface area (Å²) in [5.41, 5.74) is 3.48. The number of aliphatic hydroxyl groups is 1. The maximum absolute atomic E-state index is 12.7. The molecule has 4 nitrogen and oxygen atoms in total. The standard InChI is InChI=1S/C13H17F3N2O2/c14-13(15,16)10-7-9(1-2-11(10)17)18-8-12(19)3-5-20-6-4-12/h1-2,7,18-19H,3-6,8,17H2. The van der Waals surface area contributed by atoms with Gasteiger partial charge in [0, 0.05) is 44.0 Å². The maximum atomic E-state index is 12.7. The van der Waals surface area contributed by atoms with Crippen molar-refractivity contribution in [2.75, 3.05) is 30.8 Å². The van der Waals surface area contributed by atoms with Crippen LogP contribution in [0.1, 0.15) is 18.4 Å². The molecule has 1 heterocycles. The SMILES string of the molecule is Nc1ccc(NCC2(O)CCOCC2)cc1C(F)(F)F. The highest BCUT2D eigenvalue weighted by Gasteiger charge is 2.33. The monoisotopic (exact) mass is 290 g/mol. The summed E-state index contributed by atoms with van der Waals surface area (Å²) in [6, 6.07) is 3.63. The number of benzene rings is 1. The van der Waals surface area contributed by atoms with Crippen molar-refractivity contribution in [1.82, 2.24) is 0 Å². The average molecular weight is 290 g/mol. The van der Waals surface area contributed by atoms with E-state index in [1.165, 1.54) is 12.1 Å². The van der Waals surface area contributed by atoms with E-state index in [0.717, 1.165) is 6.07 Å². The van der Waals surface area contributed by atoms with Crippen LogP contribution in [0.5, 0.6) is 0 Å². The van der Waals surface area contributed by atoms with Crippen molar-refractivity contribution in [3.05, 3.63) is 23.8 Å². The van der Waals surface area contributed by atoms with E-state index >= 15 is 0 Å². The summed E-state index contributed by atoms with van der Waals surface area (Å²) >= 11 is 0. The molecule has 1 aliphatic rings. The van der Waals surface area contributed by atoms with Crippen LogP contribution in [0.25, 0.3) is 0 Å². The molecule has 7 heteroatoms. The third-order valence-corrected chi connectivity index (χ3v) is 3.40. The van der Waals surface area contributed by atoms with Gasteiger partial charge in [0.15, 0.2) is 0 Å². The van der Waals surface area contributed by atoms with Gasteiger partial charge in [-0.3, -0.25) is 0 Å². The third-order valence-electron chi connectivity index (χ3n) is 3.40. The predicted molar refractivity (Wildman–Crippen MR) is 69.3 cm³/mol. The Morgan fingerprint density at radius 3 is 2.55 bits per heavy atom. The van der Waals surface area contributed by atoms with Crippen LogP contribution < -0.4 is 11.1 Å². The lowest BCUT2D eigenvalue weighted by Crippen LogP contribution is -2.42. The summed E-state index contributed by atoms with van der Waals surface area (Å²) < 4.78 is 43.3. The quantitative estimate of drug-likeness (QED) is 0.747. The minimum absolute atomic E-state index is 0.178. The molecule has 2 rings (SSSR count). The fourth-order valence-corrected chi connectivity index (χ4v) is 2.11. The van der Waals surface area contributed by atoms with Crippen LogP contribution in [0.15, 0.2) is 18.2 Å². The number of anilines is 2. The largest absolute Gasteiger partial charge is 0.418 e. The zero-order valence-corrected chi connectivity index (χ0v) is 10.8. The van der Waals surface area contributed by atoms with Crippen molar-refractivity contribution in [2.24, 2.45) is 0 Å². The molecule has 112 valence electrons. The zero-order chi connectivity index (χ0) is 14.8. The molecule has 20 heavy (non-hydrogen) atoms. The molecular formula is C13H17F3N2O2. The summed E-state index contributed by atoms with van der Waals surface area (Å²) in [4.78, 5) is 0. The summed E-state index contributed by atoms with van der Waals surface area (Å²) in [5, 5.41) is 13.1. The molecule has 1 saturated heterocycles. The second kappa shape index (κ2) is 5.49. The second-order valence-electron chi connectivity index (χ2n) is 4.99. The Morgan fingerprint density at radius 1 is 1.30 bits per heavy atom. The van der Waals surface area contributed by atoms with Gasteiger partial charge in [0.2, 0.25) is 0 Å². The van der Waals surface area contributed by atoms with E-state index in [2.05, 4.69) is 5.32 Å². The first kappa shape index (κ1) is 14.9. The molecule has 0 spiro atoms. The Kier molecular flexibility index (Phi) is 4.10. The first-order chi connectivity index (χ1) is 9.30. The average Bonchev–Trinajstić information content (AvgIpc) is 2.37. The van der Waals surface area contributed by atoms with Crippen molar-refractivity contribution in [3.63, 3.8) is 0 Å². The molecule has 0 aromatic heterocycles. The lowest BCUT2D eigenvalue weighted by atomic mass is 9.94. The second-order valence-corrected chi connectivity index (χ2v) is 4.99. The van der Waals surface area contributed by atoms with E-state index in [0.29, 0.717) is 26.1 Å². The summed E-state index contributed by atoms with van der Waals surface area (Å²) in [5.74, 6) is 0. The highest BCUT2D eigenvalue weighted by Crippen LogP contribution is 2.35. The molecule has 4 N–H and O–H groups in total. The summed E-state index contributed by atoms with van der Waals surface area (Å²) in [6.07, 6.45) is -3.57. The number of hydrogen-bond donors (Lipinski definition) is 3. The van der Waals surface area contributed by atoms with Crippen molar-refractivity contribution in [3.8, 4) is 0 Å². The molecule has 0 saturated carbocycles. The highest BCUT2D eigenvalue weighted by atomic mass is 19.4. The fourth-order valence-electron chi connectivity index (χ4n) is 2.11. The smallest absolute Gasteiger partial charge is 0.398 e. The van der Waals surface area contributed by atoms with Crippen molar-refractivity contribution >= 4 is 11.4 Å². The first-order valence-corrected chi connectivity index (χ1v) is 6.31. The van der Waals surface area contributed by atoms with E-state index < -0.39 is 17.3 Å². The van der Waals surface area contributed by atoms with E-state index in [4.69, 9.17) is 10.5 Å². The Labute approximate surface area is 114 Å². The number of ether oxygens (including phenoxy) is 1. The number of alkyl halides is 3. The predicted octanol–water partition coefficient (Wildman–Crippen LogP) is 2.24. The van der Waals surface area contributed by atoms with E-state index in [-0.39, 0.29) is 17.9 Å². The lowest BCUT2D eigenvalue weighted by Gasteiger charge is -2.32. The van der Waals surface area contributed by atoms with E-state index in [1.54, 1.807) is 0 Å². The van der Waals surface area contributed by atoms with Crippen LogP contribution in [0.4, 0.5) is 24.5 Å². The minimum Gasteiger partial charge on any atom is -0.398 e. The van der Waals surface area contributed by atoms with Crippen LogP contribution in [0.3, 0.4) is 0 Å². The number of nitrogens with two attached hydrogens (primary N) is 1. The molecule has 0 bridgehead atoms. The van der Waals surface area contributed by atoms with Crippen LogP contribution >= 0.6 is 0 Å². The molecule has 0 radical (unpaired) electrons. The van der Waals surface area contributed by atoms with Gasteiger partial charge in [-0.25, -0.2) is 0 Å². The van der Waals surface area contributed by atoms with E-state index in [9.17, 15) is 18.3 Å². The summed E-state index contributed by atoms with van der Waals surface area (Å²) in [7, 11) is 0. The maximum Gasteiger partial charge on any atom is 0.418 e. The normalized spacial score (nSPS) is 18.8. The van der Waals surface area contributed by atoms with Gasteiger partial charge in [-0.1, -0.05) is 0 Å². The van der Waals surface area contributed by atoms with Crippen LogP contribution in [-0.2, 0) is 10.9 Å². The molecule has 0 unspecified atom stereocenters. The van der Waals surface area contributed by atoms with Gasteiger partial charge >= 0.3 is 6.18 Å². The van der Waals surface area contributed by atoms with Crippen LogP contribution in [0, 0.1) is 0 Å². The Hall–Kier alpha value is -1.47. The highest BCUT2D eigenvalue weighted by molar-refractivity contribution is 5.58. The van der Waals surface area contributed by atoms with Crippen LogP contribution in [-0.4, -0.2) is 30.5 Å². The van der Waals surface area contributed by atoms with Crippen LogP contribution in [0.2, 0.25) is 0 Å². The Morgan fingerprint density at radius 2 is 1.95 bits per heavy atom. The molecule has 1 fully saturated rings. The Bertz CT molecular complexity index is 471. The number of hydrogen-bond acceptors (Lipinski definition) is 4. The molecular weight excluding hydrogens is 273 g/mol. The van der Waals surface area contributed by atoms with Crippen molar-refractivity contribution in [2.45, 2.75) is 24.6 Å². The first-order valence-electron chi connectivity index (χ1n) is 6.31. The molecule has 0 aliphatic carbocycles. The topological polar surface area (TPSA) is 67.5 Å². The number of nitrogens with one attached hydrogen (secondary N) is 1. The van der Waals surface area contributed by atoms with Crippen molar-refractivity contribution in [1.29, 1.82) is 0 Å². The molecule has 0 amide bonds. The number of nitrogen functional groups attached to an aromatic ring is 1. The van der Waals surface area contributed by atoms with Gasteiger partial charge in [-0.2, -0.15) is 13.2 Å². The molecule has 1 aliphatic heterocycles. The van der Waals surface area contributed by atoms with E-state index in [1.807, 2.05) is 0 Å². The van der Waals surface area contributed by atoms with Gasteiger partial charge in [0.1, 0.15) is 0 Å². The van der Waals surface area contributed by atoms with Gasteiger partial charge in [-0.15, -0.1) is 0 Å². The minimum atomic E-state index is -4.49. The molecule has 0 atom stereocenters. The zero-order valence-electron chi connectivity index (χ0n) is 10.8. The van der Waals surface area contributed by atoms with Gasteiger partial charge in [0.25, 0.3) is 0 Å². The number of rotatable bonds is 3. The Balaban J connectivity index is 2.06. The third kappa shape index (κ3) is 3.55. The molecule has 1 aromatic rings. The number of halogens is 3. The van der Waals surface area contributed by atoms with Gasteiger partial charge < -0.3 is 20.9 Å². The fraction of sp³-hybridized carbons (Fsp3) is 0.538. The van der Waals surface area contributed by atoms with Gasteiger partial charge in [0.05, 0.1) is 11.2 Å².